The second kappa shape index (κ2) is 3.12. The van der Waals surface area contributed by atoms with Crippen molar-refractivity contribution in [3.8, 4) is 0 Å². The van der Waals surface area contributed by atoms with Crippen LogP contribution in [0.4, 0.5) is 0 Å². The quantitative estimate of drug-likeness (QED) is 0.726. The van der Waals surface area contributed by atoms with E-state index in [1.54, 1.807) is 0 Å². The zero-order valence-corrected chi connectivity index (χ0v) is 9.91. The van der Waals surface area contributed by atoms with E-state index in [4.69, 9.17) is 0 Å². The first kappa shape index (κ1) is 10.4. The topological polar surface area (TPSA) is 37.3 Å². The summed E-state index contributed by atoms with van der Waals surface area (Å²) < 4.78 is 0. The van der Waals surface area contributed by atoms with Gasteiger partial charge in [0.25, 0.3) is 0 Å². The summed E-state index contributed by atoms with van der Waals surface area (Å²) in [6.07, 6.45) is 6.39. The monoisotopic (exact) mass is 220 g/mol. The van der Waals surface area contributed by atoms with Crippen LogP contribution in [0.1, 0.15) is 39.0 Å². The van der Waals surface area contributed by atoms with Crippen LogP contribution < -0.4 is 0 Å². The van der Waals surface area contributed by atoms with E-state index >= 15 is 0 Å². The first-order chi connectivity index (χ1) is 7.51. The lowest BCUT2D eigenvalue weighted by atomic mass is 9.44. The third kappa shape index (κ3) is 1.16. The fraction of sp³-hybridized carbons (Fsp3) is 0.786. The second-order valence-corrected chi connectivity index (χ2v) is 6.37. The van der Waals surface area contributed by atoms with Gasteiger partial charge in [0, 0.05) is 11.0 Å². The van der Waals surface area contributed by atoms with Crippen molar-refractivity contribution in [1.82, 2.24) is 0 Å². The van der Waals surface area contributed by atoms with Crippen LogP contribution in [-0.4, -0.2) is 11.1 Å². The minimum absolute atomic E-state index is 0.112. The van der Waals surface area contributed by atoms with Crippen molar-refractivity contribution in [2.24, 2.45) is 29.1 Å². The molecule has 0 aromatic rings. The van der Waals surface area contributed by atoms with Gasteiger partial charge in [-0.1, -0.05) is 13.5 Å². The Balaban J connectivity index is 1.96. The zero-order valence-electron chi connectivity index (χ0n) is 9.91. The predicted molar refractivity (Wildman–Crippen MR) is 61.9 cm³/mol. The van der Waals surface area contributed by atoms with E-state index in [9.17, 15) is 9.90 Å². The molecule has 0 radical (unpaired) electrons. The zero-order chi connectivity index (χ0) is 11.5. The molecule has 4 bridgehead atoms. The molecule has 0 amide bonds. The normalized spacial score (nSPS) is 49.3. The molecule has 2 heteroatoms. The van der Waals surface area contributed by atoms with Crippen LogP contribution in [0.25, 0.3) is 0 Å². The Labute approximate surface area is 96.7 Å². The van der Waals surface area contributed by atoms with Crippen LogP contribution in [0.15, 0.2) is 12.2 Å². The highest BCUT2D eigenvalue weighted by molar-refractivity contribution is 5.87. The Bertz CT molecular complexity index is 328. The standard InChI is InChI=1S/C14H20O2/c1-8(13(15)16)14(2)11-4-9-3-10(6-11)7-12(14)5-9/h9-12H,1,3-7H2,2H3,(H,15,16). The largest absolute Gasteiger partial charge is 0.478 e. The van der Waals surface area contributed by atoms with E-state index in [0.717, 1.165) is 11.8 Å². The minimum atomic E-state index is -0.782. The van der Waals surface area contributed by atoms with E-state index < -0.39 is 5.97 Å². The molecule has 16 heavy (non-hydrogen) atoms. The first-order valence-electron chi connectivity index (χ1n) is 6.44. The van der Waals surface area contributed by atoms with Crippen LogP contribution in [-0.2, 0) is 4.79 Å². The van der Waals surface area contributed by atoms with Crippen LogP contribution in [0.2, 0.25) is 0 Å². The van der Waals surface area contributed by atoms with Gasteiger partial charge in [-0.05, 0) is 55.8 Å². The highest BCUT2D eigenvalue weighted by Gasteiger charge is 2.56. The number of hydrogen-bond donors (Lipinski definition) is 1. The third-order valence-electron chi connectivity index (χ3n) is 5.74. The van der Waals surface area contributed by atoms with Crippen molar-refractivity contribution in [3.05, 3.63) is 12.2 Å². The SMILES string of the molecule is C=C(C(=O)O)C1(C)C2CC3CC(C2)CC1C3. The molecule has 0 saturated heterocycles. The van der Waals surface area contributed by atoms with Gasteiger partial charge in [0.1, 0.15) is 0 Å². The molecule has 2 nitrogen and oxygen atoms in total. The molecule has 1 N–H and O–H groups in total. The lowest BCUT2D eigenvalue weighted by Crippen LogP contribution is -2.53. The van der Waals surface area contributed by atoms with Crippen molar-refractivity contribution >= 4 is 5.97 Å². The predicted octanol–water partition coefficient (Wildman–Crippen LogP) is 3.09. The molecule has 0 aromatic carbocycles. The van der Waals surface area contributed by atoms with Gasteiger partial charge in [-0.3, -0.25) is 0 Å². The summed E-state index contributed by atoms with van der Waals surface area (Å²) in [4.78, 5) is 11.2. The average Bonchev–Trinajstić information content (AvgIpc) is 2.23. The molecule has 0 aromatic heterocycles. The minimum Gasteiger partial charge on any atom is -0.478 e. The summed E-state index contributed by atoms with van der Waals surface area (Å²) in [5, 5.41) is 9.23. The molecule has 4 aliphatic rings. The summed E-state index contributed by atoms with van der Waals surface area (Å²) in [7, 11) is 0. The lowest BCUT2D eigenvalue weighted by molar-refractivity contribution is -0.139. The Morgan fingerprint density at radius 2 is 1.56 bits per heavy atom. The Hall–Kier alpha value is -0.790. The number of rotatable bonds is 2. The molecule has 4 saturated carbocycles. The van der Waals surface area contributed by atoms with Crippen molar-refractivity contribution < 1.29 is 9.90 Å². The average molecular weight is 220 g/mol. The molecule has 0 atom stereocenters. The van der Waals surface area contributed by atoms with Crippen molar-refractivity contribution in [3.63, 3.8) is 0 Å². The van der Waals surface area contributed by atoms with Crippen LogP contribution in [0, 0.1) is 29.1 Å². The number of carboxylic acids is 1. The maximum atomic E-state index is 11.2. The van der Waals surface area contributed by atoms with Gasteiger partial charge >= 0.3 is 5.97 Å². The molecule has 88 valence electrons. The van der Waals surface area contributed by atoms with E-state index in [1.165, 1.54) is 32.1 Å². The highest BCUT2D eigenvalue weighted by Crippen LogP contribution is 2.64. The van der Waals surface area contributed by atoms with Crippen molar-refractivity contribution in [2.75, 3.05) is 0 Å². The van der Waals surface area contributed by atoms with Crippen LogP contribution >= 0.6 is 0 Å². The third-order valence-corrected chi connectivity index (χ3v) is 5.74. The molecule has 4 aliphatic carbocycles. The Kier molecular flexibility index (Phi) is 2.02. The molecule has 0 aliphatic heterocycles. The van der Waals surface area contributed by atoms with Crippen LogP contribution in [0.3, 0.4) is 0 Å². The maximum Gasteiger partial charge on any atom is 0.331 e. The summed E-state index contributed by atoms with van der Waals surface area (Å²) in [6, 6.07) is 0. The van der Waals surface area contributed by atoms with Gasteiger partial charge in [-0.15, -0.1) is 0 Å². The smallest absolute Gasteiger partial charge is 0.331 e. The second-order valence-electron chi connectivity index (χ2n) is 6.37. The van der Waals surface area contributed by atoms with E-state index in [-0.39, 0.29) is 5.41 Å². The molecule has 0 unspecified atom stereocenters. The number of carboxylic acid groups (broad SMARTS) is 1. The molecule has 4 fully saturated rings. The Morgan fingerprint density at radius 3 is 1.94 bits per heavy atom. The van der Waals surface area contributed by atoms with E-state index in [1.807, 2.05) is 0 Å². The van der Waals surface area contributed by atoms with Crippen molar-refractivity contribution in [1.29, 1.82) is 0 Å². The fourth-order valence-electron chi connectivity index (χ4n) is 4.89. The molecular formula is C14H20O2. The number of hydrogen-bond acceptors (Lipinski definition) is 1. The van der Waals surface area contributed by atoms with Gasteiger partial charge in [0.05, 0.1) is 0 Å². The van der Waals surface area contributed by atoms with E-state index in [2.05, 4.69) is 13.5 Å². The van der Waals surface area contributed by atoms with Gasteiger partial charge in [0.15, 0.2) is 0 Å². The molecule has 4 rings (SSSR count). The summed E-state index contributed by atoms with van der Waals surface area (Å²) >= 11 is 0. The van der Waals surface area contributed by atoms with Gasteiger partial charge in [-0.2, -0.15) is 0 Å². The van der Waals surface area contributed by atoms with Gasteiger partial charge in [0.2, 0.25) is 0 Å². The first-order valence-corrected chi connectivity index (χ1v) is 6.44. The van der Waals surface area contributed by atoms with Crippen molar-refractivity contribution in [2.45, 2.75) is 39.0 Å². The molecular weight excluding hydrogens is 200 g/mol. The summed E-state index contributed by atoms with van der Waals surface area (Å²) in [5.41, 5.74) is 0.362. The van der Waals surface area contributed by atoms with Gasteiger partial charge < -0.3 is 5.11 Å². The summed E-state index contributed by atoms with van der Waals surface area (Å²) in [5.74, 6) is 2.17. The highest BCUT2D eigenvalue weighted by atomic mass is 16.4. The van der Waals surface area contributed by atoms with E-state index in [0.29, 0.717) is 17.4 Å². The molecule has 0 heterocycles. The summed E-state index contributed by atoms with van der Waals surface area (Å²) in [6.45, 7) is 6.04. The number of carbonyl (C=O) groups is 1. The lowest BCUT2D eigenvalue weighted by Gasteiger charge is -2.60. The number of aliphatic carboxylic acids is 1. The fourth-order valence-corrected chi connectivity index (χ4v) is 4.89. The molecule has 0 spiro atoms. The van der Waals surface area contributed by atoms with Gasteiger partial charge in [-0.25, -0.2) is 4.79 Å². The van der Waals surface area contributed by atoms with Crippen LogP contribution in [0.5, 0.6) is 0 Å². The Morgan fingerprint density at radius 1 is 1.12 bits per heavy atom. The maximum absolute atomic E-state index is 11.2.